The highest BCUT2D eigenvalue weighted by Crippen LogP contribution is 2.13. The fourth-order valence-corrected chi connectivity index (χ4v) is 2.30. The topological polar surface area (TPSA) is 96.9 Å². The summed E-state index contributed by atoms with van der Waals surface area (Å²) < 4.78 is 18.1. The van der Waals surface area contributed by atoms with Crippen molar-refractivity contribution in [1.29, 1.82) is 0 Å². The van der Waals surface area contributed by atoms with Crippen LogP contribution in [0.5, 0.6) is 5.75 Å². The molecule has 3 aromatic carbocycles. The van der Waals surface area contributed by atoms with Crippen molar-refractivity contribution >= 4 is 29.7 Å². The Labute approximate surface area is 171 Å². The van der Waals surface area contributed by atoms with Gasteiger partial charge in [0.25, 0.3) is 0 Å². The highest BCUT2D eigenvalue weighted by atomic mass is 19.1. The van der Waals surface area contributed by atoms with E-state index in [1.807, 2.05) is 0 Å². The Kier molecular flexibility index (Phi) is 6.63. The van der Waals surface area contributed by atoms with Gasteiger partial charge < -0.3 is 10.1 Å². The smallest absolute Gasteiger partial charge is 0.343 e. The molecule has 0 aliphatic rings. The Morgan fingerprint density at radius 1 is 0.833 bits per heavy atom. The van der Waals surface area contributed by atoms with E-state index in [2.05, 4.69) is 15.8 Å². The lowest BCUT2D eigenvalue weighted by Crippen LogP contribution is -2.32. The van der Waals surface area contributed by atoms with Crippen LogP contribution in [0.2, 0.25) is 0 Å². The standard InChI is InChI=1S/C22H16FN3O4/c23-17-8-10-18(11-9-17)25-20(27)21(28)26-24-14-15-6-12-19(13-7-15)30-22(29)16-4-2-1-3-5-16/h1-14H,(H,25,27)(H,26,28)/b24-14+. The Morgan fingerprint density at radius 2 is 1.50 bits per heavy atom. The van der Waals surface area contributed by atoms with Crippen molar-refractivity contribution in [2.75, 3.05) is 5.32 Å². The number of carbonyl (C=O) groups excluding carboxylic acids is 3. The molecule has 30 heavy (non-hydrogen) atoms. The minimum absolute atomic E-state index is 0.279. The Bertz CT molecular complexity index is 1070. The quantitative estimate of drug-likeness (QED) is 0.224. The molecule has 3 aromatic rings. The number of carbonyl (C=O) groups is 3. The predicted molar refractivity (Wildman–Crippen MR) is 109 cm³/mol. The molecule has 0 aliphatic carbocycles. The van der Waals surface area contributed by atoms with E-state index in [1.54, 1.807) is 54.6 Å². The molecule has 3 rings (SSSR count). The maximum Gasteiger partial charge on any atom is 0.343 e. The van der Waals surface area contributed by atoms with E-state index >= 15 is 0 Å². The van der Waals surface area contributed by atoms with E-state index in [0.717, 1.165) is 12.1 Å². The molecule has 0 bridgehead atoms. The number of hydrogen-bond donors (Lipinski definition) is 2. The summed E-state index contributed by atoms with van der Waals surface area (Å²) in [5, 5.41) is 6.02. The molecule has 2 N–H and O–H groups in total. The van der Waals surface area contributed by atoms with E-state index in [1.165, 1.54) is 18.3 Å². The number of amides is 2. The fraction of sp³-hybridized carbons (Fsp3) is 0. The maximum absolute atomic E-state index is 12.8. The summed E-state index contributed by atoms with van der Waals surface area (Å²) in [5.41, 5.74) is 3.41. The summed E-state index contributed by atoms with van der Waals surface area (Å²) in [6.07, 6.45) is 1.33. The van der Waals surface area contributed by atoms with E-state index in [9.17, 15) is 18.8 Å². The van der Waals surface area contributed by atoms with Crippen LogP contribution in [0.4, 0.5) is 10.1 Å². The summed E-state index contributed by atoms with van der Waals surface area (Å²) in [6.45, 7) is 0. The van der Waals surface area contributed by atoms with E-state index in [4.69, 9.17) is 4.74 Å². The Balaban J connectivity index is 1.49. The number of benzene rings is 3. The molecule has 0 spiro atoms. The number of nitrogens with one attached hydrogen (secondary N) is 2. The number of esters is 1. The van der Waals surface area contributed by atoms with Crippen LogP contribution in [0.3, 0.4) is 0 Å². The lowest BCUT2D eigenvalue weighted by atomic mass is 10.2. The first-order valence-corrected chi connectivity index (χ1v) is 8.78. The van der Waals surface area contributed by atoms with E-state index in [0.29, 0.717) is 16.9 Å². The van der Waals surface area contributed by atoms with Crippen molar-refractivity contribution in [3.63, 3.8) is 0 Å². The second-order valence-electron chi connectivity index (χ2n) is 5.98. The van der Waals surface area contributed by atoms with Crippen molar-refractivity contribution in [3.8, 4) is 5.75 Å². The first-order chi connectivity index (χ1) is 14.5. The van der Waals surface area contributed by atoms with Gasteiger partial charge in [-0.25, -0.2) is 14.6 Å². The Morgan fingerprint density at radius 3 is 2.17 bits per heavy atom. The van der Waals surface area contributed by atoms with Crippen molar-refractivity contribution < 1.29 is 23.5 Å². The Hall–Kier alpha value is -4.33. The van der Waals surface area contributed by atoms with E-state index in [-0.39, 0.29) is 5.69 Å². The van der Waals surface area contributed by atoms with Crippen LogP contribution in [0.15, 0.2) is 84.0 Å². The summed E-state index contributed by atoms with van der Waals surface area (Å²) >= 11 is 0. The third-order valence-electron chi connectivity index (χ3n) is 3.79. The van der Waals surface area contributed by atoms with Crippen LogP contribution >= 0.6 is 0 Å². The van der Waals surface area contributed by atoms with Crippen molar-refractivity contribution in [3.05, 3.63) is 95.8 Å². The van der Waals surface area contributed by atoms with Gasteiger partial charge in [0, 0.05) is 5.69 Å². The minimum atomic E-state index is -0.982. The molecule has 150 valence electrons. The first kappa shape index (κ1) is 20.4. The molecule has 0 heterocycles. The van der Waals surface area contributed by atoms with Gasteiger partial charge >= 0.3 is 17.8 Å². The average molecular weight is 405 g/mol. The van der Waals surface area contributed by atoms with Gasteiger partial charge in [0.1, 0.15) is 11.6 Å². The molecular weight excluding hydrogens is 389 g/mol. The van der Waals surface area contributed by atoms with Crippen molar-refractivity contribution in [1.82, 2.24) is 5.43 Å². The lowest BCUT2D eigenvalue weighted by Gasteiger charge is -2.04. The normalized spacial score (nSPS) is 10.4. The SMILES string of the molecule is O=C(N/N=C/c1ccc(OC(=O)c2ccccc2)cc1)C(=O)Nc1ccc(F)cc1. The van der Waals surface area contributed by atoms with Crippen LogP contribution in [0.25, 0.3) is 0 Å². The van der Waals surface area contributed by atoms with Crippen LogP contribution in [-0.2, 0) is 9.59 Å². The third-order valence-corrected chi connectivity index (χ3v) is 3.79. The number of halogens is 1. The second kappa shape index (κ2) is 9.74. The zero-order valence-corrected chi connectivity index (χ0v) is 15.5. The van der Waals surface area contributed by atoms with Crippen LogP contribution in [-0.4, -0.2) is 24.0 Å². The molecule has 7 nitrogen and oxygen atoms in total. The molecule has 0 aromatic heterocycles. The number of rotatable bonds is 5. The van der Waals surface area contributed by atoms with Gasteiger partial charge in [-0.3, -0.25) is 9.59 Å². The van der Waals surface area contributed by atoms with Gasteiger partial charge in [0.2, 0.25) is 0 Å². The number of hydrogen-bond acceptors (Lipinski definition) is 5. The monoisotopic (exact) mass is 405 g/mol. The molecule has 0 unspecified atom stereocenters. The molecule has 0 atom stereocenters. The van der Waals surface area contributed by atoms with Gasteiger partial charge in [-0.2, -0.15) is 5.10 Å². The molecule has 0 fully saturated rings. The molecule has 0 saturated heterocycles. The summed E-state index contributed by atoms with van der Waals surface area (Å²) in [4.78, 5) is 35.5. The summed E-state index contributed by atoms with van der Waals surface area (Å²) in [5.74, 6) is -2.51. The molecule has 0 saturated carbocycles. The van der Waals surface area contributed by atoms with Gasteiger partial charge in [-0.1, -0.05) is 18.2 Å². The predicted octanol–water partition coefficient (Wildman–Crippen LogP) is 3.13. The van der Waals surface area contributed by atoms with Crippen molar-refractivity contribution in [2.45, 2.75) is 0 Å². The van der Waals surface area contributed by atoms with Gasteiger partial charge in [0.05, 0.1) is 11.8 Å². The van der Waals surface area contributed by atoms with Gasteiger partial charge in [-0.05, 0) is 66.2 Å². The lowest BCUT2D eigenvalue weighted by molar-refractivity contribution is -0.136. The second-order valence-corrected chi connectivity index (χ2v) is 5.98. The highest BCUT2D eigenvalue weighted by molar-refractivity contribution is 6.39. The molecular formula is C22H16FN3O4. The van der Waals surface area contributed by atoms with Crippen LogP contribution < -0.4 is 15.5 Å². The molecule has 2 amide bonds. The largest absolute Gasteiger partial charge is 0.423 e. The number of nitrogens with zero attached hydrogens (tertiary/aromatic N) is 1. The van der Waals surface area contributed by atoms with E-state index < -0.39 is 23.6 Å². The molecule has 8 heteroatoms. The van der Waals surface area contributed by atoms with Crippen LogP contribution in [0, 0.1) is 5.82 Å². The zero-order chi connectivity index (χ0) is 21.3. The number of anilines is 1. The highest BCUT2D eigenvalue weighted by Gasteiger charge is 2.12. The third kappa shape index (κ3) is 5.83. The number of ether oxygens (including phenoxy) is 1. The van der Waals surface area contributed by atoms with Gasteiger partial charge in [-0.15, -0.1) is 0 Å². The molecule has 0 radical (unpaired) electrons. The molecule has 0 aliphatic heterocycles. The first-order valence-electron chi connectivity index (χ1n) is 8.78. The summed E-state index contributed by atoms with van der Waals surface area (Å²) in [6, 6.07) is 20.0. The minimum Gasteiger partial charge on any atom is -0.423 e. The fourth-order valence-electron chi connectivity index (χ4n) is 2.30. The van der Waals surface area contributed by atoms with Crippen LogP contribution in [0.1, 0.15) is 15.9 Å². The van der Waals surface area contributed by atoms with Crippen molar-refractivity contribution in [2.24, 2.45) is 5.10 Å². The summed E-state index contributed by atoms with van der Waals surface area (Å²) in [7, 11) is 0. The van der Waals surface area contributed by atoms with Gasteiger partial charge in [0.15, 0.2) is 0 Å². The number of hydrazone groups is 1. The average Bonchev–Trinajstić information content (AvgIpc) is 2.77. The zero-order valence-electron chi connectivity index (χ0n) is 15.5. The maximum atomic E-state index is 12.8.